The van der Waals surface area contributed by atoms with Crippen molar-refractivity contribution in [2.24, 2.45) is 0 Å². The molecule has 0 aromatic carbocycles. The van der Waals surface area contributed by atoms with Crippen molar-refractivity contribution in [3.05, 3.63) is 18.0 Å². The van der Waals surface area contributed by atoms with Crippen LogP contribution in [-0.2, 0) is 4.79 Å². The van der Waals surface area contributed by atoms with Crippen LogP contribution in [0.5, 0.6) is 0 Å². The summed E-state index contributed by atoms with van der Waals surface area (Å²) in [6, 6.07) is 0.618. The third-order valence-corrected chi connectivity index (χ3v) is 3.45. The van der Waals surface area contributed by atoms with Crippen LogP contribution in [0.4, 0.5) is 5.95 Å². The molecule has 0 saturated carbocycles. The molecule has 1 aromatic rings. The van der Waals surface area contributed by atoms with Crippen molar-refractivity contribution in [1.82, 2.24) is 15.3 Å². The number of hydrogen-bond acceptors (Lipinski definition) is 5. The highest BCUT2D eigenvalue weighted by atomic mass is 16.4. The molecule has 2 heterocycles. The predicted molar refractivity (Wildman–Crippen MR) is 77.3 cm³/mol. The topological polar surface area (TPSA) is 95.4 Å². The molecule has 1 aliphatic rings. The van der Waals surface area contributed by atoms with Gasteiger partial charge < -0.3 is 15.3 Å². The Morgan fingerprint density at radius 1 is 1.43 bits per heavy atom. The number of carbonyl (C=O) groups is 2. The fourth-order valence-electron chi connectivity index (χ4n) is 2.32. The number of amides is 1. The average molecular weight is 292 g/mol. The Bertz CT molecular complexity index is 515. The number of carboxylic acids is 1. The molecule has 1 aliphatic heterocycles. The molecule has 2 rings (SSSR count). The number of anilines is 1. The zero-order chi connectivity index (χ0) is 15.2. The maximum Gasteiger partial charge on any atom is 0.326 e. The van der Waals surface area contributed by atoms with Crippen LogP contribution in [0.2, 0.25) is 0 Å². The Balaban J connectivity index is 2.07. The van der Waals surface area contributed by atoms with Gasteiger partial charge in [0.2, 0.25) is 5.95 Å². The van der Waals surface area contributed by atoms with Crippen molar-refractivity contribution in [3.8, 4) is 0 Å². The molecule has 1 aromatic heterocycles. The highest BCUT2D eigenvalue weighted by Gasteiger charge is 2.21. The van der Waals surface area contributed by atoms with E-state index in [1.807, 2.05) is 11.8 Å². The molecule has 1 atom stereocenters. The third kappa shape index (κ3) is 3.90. The third-order valence-electron chi connectivity index (χ3n) is 3.45. The number of nitrogens with one attached hydrogen (secondary N) is 1. The maximum absolute atomic E-state index is 12.1. The van der Waals surface area contributed by atoms with E-state index in [4.69, 9.17) is 5.11 Å². The van der Waals surface area contributed by atoms with Gasteiger partial charge in [-0.25, -0.2) is 14.8 Å². The first kappa shape index (κ1) is 15.2. The lowest BCUT2D eigenvalue weighted by atomic mass is 10.1. The van der Waals surface area contributed by atoms with Crippen molar-refractivity contribution >= 4 is 17.8 Å². The van der Waals surface area contributed by atoms with Gasteiger partial charge in [-0.3, -0.25) is 4.79 Å². The largest absolute Gasteiger partial charge is 0.480 e. The van der Waals surface area contributed by atoms with E-state index in [0.29, 0.717) is 18.8 Å². The summed E-state index contributed by atoms with van der Waals surface area (Å²) in [5, 5.41) is 11.6. The number of carbonyl (C=O) groups excluding carboxylic acids is 1. The van der Waals surface area contributed by atoms with Gasteiger partial charge >= 0.3 is 5.97 Å². The average Bonchev–Trinajstić information content (AvgIpc) is 3.01. The van der Waals surface area contributed by atoms with Gasteiger partial charge in [0.05, 0.1) is 0 Å². The van der Waals surface area contributed by atoms with E-state index in [-0.39, 0.29) is 5.69 Å². The molecule has 0 spiro atoms. The Morgan fingerprint density at radius 3 is 2.76 bits per heavy atom. The van der Waals surface area contributed by atoms with E-state index in [2.05, 4.69) is 15.3 Å². The summed E-state index contributed by atoms with van der Waals surface area (Å²) >= 11 is 0. The fourth-order valence-corrected chi connectivity index (χ4v) is 2.32. The Morgan fingerprint density at radius 2 is 2.14 bits per heavy atom. The number of aliphatic carboxylic acids is 1. The lowest BCUT2D eigenvalue weighted by Gasteiger charge is -2.16. The first-order valence-corrected chi connectivity index (χ1v) is 7.23. The second-order valence-electron chi connectivity index (χ2n) is 5.09. The highest BCUT2D eigenvalue weighted by molar-refractivity contribution is 5.95. The van der Waals surface area contributed by atoms with Crippen LogP contribution in [-0.4, -0.2) is 46.1 Å². The van der Waals surface area contributed by atoms with Crippen LogP contribution >= 0.6 is 0 Å². The minimum absolute atomic E-state index is 0.203. The molecule has 0 bridgehead atoms. The van der Waals surface area contributed by atoms with E-state index in [1.165, 1.54) is 12.3 Å². The van der Waals surface area contributed by atoms with E-state index in [0.717, 1.165) is 25.9 Å². The molecule has 1 amide bonds. The molecule has 1 unspecified atom stereocenters. The van der Waals surface area contributed by atoms with Crippen LogP contribution in [0.3, 0.4) is 0 Å². The molecular weight excluding hydrogens is 272 g/mol. The first-order chi connectivity index (χ1) is 10.1. The van der Waals surface area contributed by atoms with Crippen LogP contribution in [0.15, 0.2) is 12.3 Å². The van der Waals surface area contributed by atoms with E-state index >= 15 is 0 Å². The Labute approximate surface area is 123 Å². The molecule has 1 saturated heterocycles. The summed E-state index contributed by atoms with van der Waals surface area (Å²) in [6.07, 6.45) is 4.80. The van der Waals surface area contributed by atoms with Crippen molar-refractivity contribution in [3.63, 3.8) is 0 Å². The Hall–Kier alpha value is -2.18. The summed E-state index contributed by atoms with van der Waals surface area (Å²) in [7, 11) is 0. The fraction of sp³-hybridized carbons (Fsp3) is 0.571. The smallest absolute Gasteiger partial charge is 0.326 e. The van der Waals surface area contributed by atoms with Gasteiger partial charge in [0.15, 0.2) is 0 Å². The number of nitrogens with zero attached hydrogens (tertiary/aromatic N) is 3. The second-order valence-corrected chi connectivity index (χ2v) is 5.09. The molecular formula is C14H20N4O3. The van der Waals surface area contributed by atoms with Gasteiger partial charge in [-0.15, -0.1) is 0 Å². The minimum atomic E-state index is -1.03. The molecule has 7 heteroatoms. The molecule has 7 nitrogen and oxygen atoms in total. The number of carboxylic acid groups (broad SMARTS) is 1. The first-order valence-electron chi connectivity index (χ1n) is 7.23. The van der Waals surface area contributed by atoms with E-state index < -0.39 is 17.9 Å². The number of hydrogen-bond donors (Lipinski definition) is 2. The van der Waals surface area contributed by atoms with Crippen molar-refractivity contribution in [2.75, 3.05) is 18.0 Å². The summed E-state index contributed by atoms with van der Waals surface area (Å²) in [6.45, 7) is 3.65. The molecule has 2 N–H and O–H groups in total. The van der Waals surface area contributed by atoms with Gasteiger partial charge in [-0.2, -0.15) is 0 Å². The van der Waals surface area contributed by atoms with E-state index in [1.54, 1.807) is 0 Å². The van der Waals surface area contributed by atoms with Gasteiger partial charge in [0.25, 0.3) is 5.91 Å². The maximum atomic E-state index is 12.1. The van der Waals surface area contributed by atoms with Crippen LogP contribution in [0.1, 0.15) is 43.1 Å². The Kier molecular flexibility index (Phi) is 5.08. The number of aromatic nitrogens is 2. The number of rotatable bonds is 6. The summed E-state index contributed by atoms with van der Waals surface area (Å²) < 4.78 is 0. The van der Waals surface area contributed by atoms with Crippen molar-refractivity contribution in [1.29, 1.82) is 0 Å². The lowest BCUT2D eigenvalue weighted by Crippen LogP contribution is -2.41. The van der Waals surface area contributed by atoms with Gasteiger partial charge in [0, 0.05) is 19.3 Å². The molecule has 114 valence electrons. The lowest BCUT2D eigenvalue weighted by molar-refractivity contribution is -0.139. The normalized spacial score (nSPS) is 15.8. The van der Waals surface area contributed by atoms with Crippen LogP contribution in [0, 0.1) is 0 Å². The SMILES string of the molecule is CCCC(NC(=O)c1ccnc(N2CCCC2)n1)C(=O)O. The quantitative estimate of drug-likeness (QED) is 0.814. The summed E-state index contributed by atoms with van der Waals surface area (Å²) in [4.78, 5) is 33.6. The molecule has 1 fully saturated rings. The zero-order valence-electron chi connectivity index (χ0n) is 12.1. The molecule has 0 aliphatic carbocycles. The highest BCUT2D eigenvalue weighted by Crippen LogP contribution is 2.15. The second kappa shape index (κ2) is 7.01. The van der Waals surface area contributed by atoms with Crippen molar-refractivity contribution < 1.29 is 14.7 Å². The monoisotopic (exact) mass is 292 g/mol. The zero-order valence-corrected chi connectivity index (χ0v) is 12.1. The van der Waals surface area contributed by atoms with Crippen LogP contribution < -0.4 is 10.2 Å². The minimum Gasteiger partial charge on any atom is -0.480 e. The molecule has 0 radical (unpaired) electrons. The van der Waals surface area contributed by atoms with Crippen molar-refractivity contribution in [2.45, 2.75) is 38.6 Å². The molecule has 21 heavy (non-hydrogen) atoms. The van der Waals surface area contributed by atoms with E-state index in [9.17, 15) is 9.59 Å². The summed E-state index contributed by atoms with van der Waals surface area (Å²) in [5.74, 6) is -0.972. The van der Waals surface area contributed by atoms with Gasteiger partial charge in [-0.1, -0.05) is 13.3 Å². The van der Waals surface area contributed by atoms with Gasteiger partial charge in [0.1, 0.15) is 11.7 Å². The summed E-state index contributed by atoms with van der Waals surface area (Å²) in [5.41, 5.74) is 0.203. The standard InChI is InChI=1S/C14H20N4O3/c1-2-5-11(13(20)21)16-12(19)10-6-7-15-14(17-10)18-8-3-4-9-18/h6-7,11H,2-5,8-9H2,1H3,(H,16,19)(H,20,21). The van der Waals surface area contributed by atoms with Gasteiger partial charge in [-0.05, 0) is 25.3 Å². The predicted octanol–water partition coefficient (Wildman–Crippen LogP) is 1.06. The van der Waals surface area contributed by atoms with Crippen LogP contribution in [0.25, 0.3) is 0 Å².